The number of nitrogens with one attached hydrogen (secondary N) is 1. The van der Waals surface area contributed by atoms with Crippen molar-refractivity contribution in [3.63, 3.8) is 0 Å². The van der Waals surface area contributed by atoms with Gasteiger partial charge in [-0.05, 0) is 43.2 Å². The first-order chi connectivity index (χ1) is 12.7. The lowest BCUT2D eigenvalue weighted by molar-refractivity contribution is 0.342. The average molecular weight is 434 g/mol. The Kier molecular flexibility index (Phi) is 6.46. The van der Waals surface area contributed by atoms with E-state index in [1.54, 1.807) is 24.6 Å². The topological polar surface area (TPSA) is 56.3 Å². The molecule has 0 aliphatic heterocycles. The molecular formula is C19H20BrN3O2S. The second-order valence-corrected chi connectivity index (χ2v) is 7.31. The molecule has 0 atom stereocenters. The van der Waals surface area contributed by atoms with E-state index in [0.717, 1.165) is 45.2 Å². The lowest BCUT2D eigenvalue weighted by Gasteiger charge is -2.10. The zero-order valence-corrected chi connectivity index (χ0v) is 17.1. The highest BCUT2D eigenvalue weighted by molar-refractivity contribution is 9.10. The van der Waals surface area contributed by atoms with Gasteiger partial charge in [0.25, 0.3) is 0 Å². The van der Waals surface area contributed by atoms with Crippen LogP contribution in [0.25, 0.3) is 10.7 Å². The molecule has 0 aliphatic rings. The van der Waals surface area contributed by atoms with Gasteiger partial charge in [-0.2, -0.15) is 0 Å². The molecular weight excluding hydrogens is 414 g/mol. The van der Waals surface area contributed by atoms with Crippen LogP contribution in [0.5, 0.6) is 11.5 Å². The minimum Gasteiger partial charge on any atom is -0.496 e. The fourth-order valence-electron chi connectivity index (χ4n) is 2.52. The van der Waals surface area contributed by atoms with E-state index in [-0.39, 0.29) is 0 Å². The zero-order valence-electron chi connectivity index (χ0n) is 14.7. The van der Waals surface area contributed by atoms with Gasteiger partial charge in [0.15, 0.2) is 5.82 Å². The maximum atomic E-state index is 5.51. The molecule has 2 aromatic heterocycles. The molecule has 0 aliphatic carbocycles. The van der Waals surface area contributed by atoms with Gasteiger partial charge in [-0.3, -0.25) is 0 Å². The van der Waals surface area contributed by atoms with E-state index in [2.05, 4.69) is 37.3 Å². The van der Waals surface area contributed by atoms with Crippen LogP contribution in [0.1, 0.15) is 12.5 Å². The molecule has 0 saturated carbocycles. The third kappa shape index (κ3) is 4.74. The Bertz CT molecular complexity index is 869. The maximum absolute atomic E-state index is 5.51. The van der Waals surface area contributed by atoms with E-state index in [0.29, 0.717) is 12.4 Å². The van der Waals surface area contributed by atoms with Crippen LogP contribution in [0.15, 0.2) is 46.4 Å². The van der Waals surface area contributed by atoms with Crippen LogP contribution in [0.4, 0.5) is 5.82 Å². The number of halogens is 1. The SMILES string of the molecule is CCOc1csc(-c2nccc(NCCc3cc(Br)ccc3OC)n2)c1. The summed E-state index contributed by atoms with van der Waals surface area (Å²) >= 11 is 5.08. The molecule has 1 N–H and O–H groups in total. The normalized spacial score (nSPS) is 10.6. The van der Waals surface area contributed by atoms with Crippen molar-refractivity contribution in [1.82, 2.24) is 9.97 Å². The Morgan fingerprint density at radius 1 is 1.23 bits per heavy atom. The second-order valence-electron chi connectivity index (χ2n) is 5.48. The molecule has 0 bridgehead atoms. The highest BCUT2D eigenvalue weighted by Crippen LogP contribution is 2.29. The van der Waals surface area contributed by atoms with E-state index >= 15 is 0 Å². The summed E-state index contributed by atoms with van der Waals surface area (Å²) in [6, 6.07) is 9.87. The number of hydrogen-bond acceptors (Lipinski definition) is 6. The van der Waals surface area contributed by atoms with Gasteiger partial charge < -0.3 is 14.8 Å². The third-order valence-corrected chi connectivity index (χ3v) is 5.10. The quantitative estimate of drug-likeness (QED) is 0.539. The molecule has 1 aromatic carbocycles. The summed E-state index contributed by atoms with van der Waals surface area (Å²) in [6.45, 7) is 3.37. The molecule has 0 radical (unpaired) electrons. The molecule has 0 fully saturated rings. The molecule has 0 saturated heterocycles. The summed E-state index contributed by atoms with van der Waals surface area (Å²) in [4.78, 5) is 9.96. The fraction of sp³-hybridized carbons (Fsp3) is 0.263. The van der Waals surface area contributed by atoms with Crippen LogP contribution in [0.2, 0.25) is 0 Å². The molecule has 136 valence electrons. The van der Waals surface area contributed by atoms with E-state index in [9.17, 15) is 0 Å². The standard InChI is InChI=1S/C19H20BrN3O2S/c1-3-25-15-11-17(26-12-15)19-22-9-7-18(23-19)21-8-6-13-10-14(20)4-5-16(13)24-2/h4-5,7,9-12H,3,6,8H2,1-2H3,(H,21,22,23). The predicted octanol–water partition coefficient (Wildman–Crippen LogP) is 5.03. The number of thiophene rings is 1. The number of methoxy groups -OCH3 is 1. The minimum atomic E-state index is 0.650. The van der Waals surface area contributed by atoms with Crippen molar-refractivity contribution in [2.24, 2.45) is 0 Å². The number of benzene rings is 1. The molecule has 3 aromatic rings. The van der Waals surface area contributed by atoms with Gasteiger partial charge in [0.05, 0.1) is 18.6 Å². The molecule has 26 heavy (non-hydrogen) atoms. The van der Waals surface area contributed by atoms with Gasteiger partial charge in [0, 0.05) is 28.7 Å². The van der Waals surface area contributed by atoms with E-state index in [4.69, 9.17) is 9.47 Å². The number of ether oxygens (including phenoxy) is 2. The summed E-state index contributed by atoms with van der Waals surface area (Å²) in [5.41, 5.74) is 1.14. The highest BCUT2D eigenvalue weighted by Gasteiger charge is 2.08. The Morgan fingerprint density at radius 3 is 2.92 bits per heavy atom. The number of aromatic nitrogens is 2. The maximum Gasteiger partial charge on any atom is 0.171 e. The summed E-state index contributed by atoms with van der Waals surface area (Å²) < 4.78 is 12.0. The van der Waals surface area contributed by atoms with E-state index in [1.807, 2.05) is 36.6 Å². The number of anilines is 1. The predicted molar refractivity (Wildman–Crippen MR) is 109 cm³/mol. The van der Waals surface area contributed by atoms with Gasteiger partial charge in [0.1, 0.15) is 17.3 Å². The summed E-state index contributed by atoms with van der Waals surface area (Å²) in [5.74, 6) is 3.25. The van der Waals surface area contributed by atoms with Crippen molar-refractivity contribution in [3.05, 3.63) is 51.9 Å². The van der Waals surface area contributed by atoms with E-state index < -0.39 is 0 Å². The first kappa shape index (κ1) is 18.7. The largest absolute Gasteiger partial charge is 0.496 e. The molecule has 2 heterocycles. The Labute approximate surface area is 165 Å². The Balaban J connectivity index is 1.65. The van der Waals surface area contributed by atoms with Gasteiger partial charge in [0.2, 0.25) is 0 Å². The molecule has 3 rings (SSSR count). The first-order valence-electron chi connectivity index (χ1n) is 8.30. The number of hydrogen-bond donors (Lipinski definition) is 1. The van der Waals surface area contributed by atoms with Crippen LogP contribution in [0, 0.1) is 0 Å². The molecule has 7 heteroatoms. The van der Waals surface area contributed by atoms with Crippen molar-refractivity contribution < 1.29 is 9.47 Å². The van der Waals surface area contributed by atoms with Crippen molar-refractivity contribution >= 4 is 33.1 Å². The van der Waals surface area contributed by atoms with Crippen LogP contribution < -0.4 is 14.8 Å². The summed E-state index contributed by atoms with van der Waals surface area (Å²) in [5, 5.41) is 5.33. The van der Waals surface area contributed by atoms with E-state index in [1.165, 1.54) is 0 Å². The lowest BCUT2D eigenvalue weighted by Crippen LogP contribution is -2.07. The van der Waals surface area contributed by atoms with Gasteiger partial charge in [-0.25, -0.2) is 9.97 Å². The molecule has 0 amide bonds. The number of rotatable bonds is 8. The average Bonchev–Trinajstić information content (AvgIpc) is 3.11. The number of nitrogens with zero attached hydrogens (tertiary/aromatic N) is 2. The second kappa shape index (κ2) is 9.00. The molecule has 5 nitrogen and oxygen atoms in total. The van der Waals surface area contributed by atoms with Crippen LogP contribution in [0.3, 0.4) is 0 Å². The van der Waals surface area contributed by atoms with Crippen molar-refractivity contribution in [2.45, 2.75) is 13.3 Å². The van der Waals surface area contributed by atoms with Crippen molar-refractivity contribution in [2.75, 3.05) is 25.6 Å². The lowest BCUT2D eigenvalue weighted by atomic mass is 10.1. The first-order valence-corrected chi connectivity index (χ1v) is 9.98. The Hall–Kier alpha value is -2.12. The van der Waals surface area contributed by atoms with Gasteiger partial charge in [-0.1, -0.05) is 15.9 Å². The third-order valence-electron chi connectivity index (χ3n) is 3.71. The Morgan fingerprint density at radius 2 is 2.12 bits per heavy atom. The zero-order chi connectivity index (χ0) is 18.4. The van der Waals surface area contributed by atoms with Crippen LogP contribution >= 0.6 is 27.3 Å². The van der Waals surface area contributed by atoms with Crippen LogP contribution in [-0.4, -0.2) is 30.2 Å². The smallest absolute Gasteiger partial charge is 0.171 e. The van der Waals surface area contributed by atoms with Crippen molar-refractivity contribution in [3.8, 4) is 22.2 Å². The molecule has 0 unspecified atom stereocenters. The molecule has 0 spiro atoms. The minimum absolute atomic E-state index is 0.650. The highest BCUT2D eigenvalue weighted by atomic mass is 79.9. The summed E-state index contributed by atoms with van der Waals surface area (Å²) in [7, 11) is 1.69. The van der Waals surface area contributed by atoms with Gasteiger partial charge >= 0.3 is 0 Å². The van der Waals surface area contributed by atoms with Crippen molar-refractivity contribution in [1.29, 1.82) is 0 Å². The fourth-order valence-corrected chi connectivity index (χ4v) is 3.70. The van der Waals surface area contributed by atoms with Gasteiger partial charge in [-0.15, -0.1) is 11.3 Å². The van der Waals surface area contributed by atoms with Crippen LogP contribution in [-0.2, 0) is 6.42 Å². The summed E-state index contributed by atoms with van der Waals surface area (Å²) in [6.07, 6.45) is 2.60. The monoisotopic (exact) mass is 433 g/mol.